The molecule has 0 amide bonds. The lowest BCUT2D eigenvalue weighted by Crippen LogP contribution is -2.01. The maximum atomic E-state index is 5.44. The molecule has 0 N–H and O–H groups in total. The van der Waals surface area contributed by atoms with Crippen LogP contribution in [0.25, 0.3) is 0 Å². The lowest BCUT2D eigenvalue weighted by molar-refractivity contribution is 0.105. The van der Waals surface area contributed by atoms with Gasteiger partial charge in [-0.1, -0.05) is 0 Å². The van der Waals surface area contributed by atoms with Crippen molar-refractivity contribution in [3.05, 3.63) is 22.7 Å². The van der Waals surface area contributed by atoms with Crippen molar-refractivity contribution in [2.75, 3.05) is 6.61 Å². The van der Waals surface area contributed by atoms with Crippen LogP contribution in [0.4, 0.5) is 0 Å². The van der Waals surface area contributed by atoms with Gasteiger partial charge in [0, 0.05) is 19.0 Å². The molecule has 1 unspecified atom stereocenters. The van der Waals surface area contributed by atoms with Crippen molar-refractivity contribution < 1.29 is 4.74 Å². The third-order valence-corrected chi connectivity index (χ3v) is 2.27. The molecule has 4 heteroatoms. The van der Waals surface area contributed by atoms with Crippen LogP contribution in [0.15, 0.2) is 16.9 Å². The van der Waals surface area contributed by atoms with E-state index in [1.807, 2.05) is 0 Å². The second kappa shape index (κ2) is 3.49. The van der Waals surface area contributed by atoms with Crippen molar-refractivity contribution in [3.8, 4) is 0 Å². The van der Waals surface area contributed by atoms with Crippen LogP contribution in [0.1, 0.15) is 24.8 Å². The molecule has 0 aromatic carbocycles. The van der Waals surface area contributed by atoms with Gasteiger partial charge in [-0.3, -0.25) is 0 Å². The molecule has 3 nitrogen and oxygen atoms in total. The summed E-state index contributed by atoms with van der Waals surface area (Å²) in [7, 11) is 0. The fraction of sp³-hybridized carbons (Fsp3) is 0.500. The minimum absolute atomic E-state index is 0.123. The normalized spacial score (nSPS) is 22.9. The van der Waals surface area contributed by atoms with Crippen LogP contribution in [-0.2, 0) is 4.74 Å². The molecule has 1 aromatic heterocycles. The van der Waals surface area contributed by atoms with E-state index in [9.17, 15) is 0 Å². The Hall–Kier alpha value is -0.480. The summed E-state index contributed by atoms with van der Waals surface area (Å²) in [5.41, 5.74) is 0. The number of ether oxygens (including phenoxy) is 1. The Labute approximate surface area is 79.3 Å². The van der Waals surface area contributed by atoms with Crippen molar-refractivity contribution in [1.29, 1.82) is 0 Å². The minimum Gasteiger partial charge on any atom is -0.370 e. The quantitative estimate of drug-likeness (QED) is 0.739. The fourth-order valence-electron chi connectivity index (χ4n) is 1.27. The smallest absolute Gasteiger partial charge is 0.157 e. The monoisotopic (exact) mass is 228 g/mol. The first-order chi connectivity index (χ1) is 5.86. The van der Waals surface area contributed by atoms with E-state index in [2.05, 4.69) is 25.9 Å². The van der Waals surface area contributed by atoms with Gasteiger partial charge in [-0.2, -0.15) is 0 Å². The van der Waals surface area contributed by atoms with Crippen LogP contribution in [0, 0.1) is 0 Å². The topological polar surface area (TPSA) is 35.0 Å². The van der Waals surface area contributed by atoms with Crippen LogP contribution in [0.5, 0.6) is 0 Å². The van der Waals surface area contributed by atoms with Crippen LogP contribution in [0.3, 0.4) is 0 Å². The summed E-state index contributed by atoms with van der Waals surface area (Å²) in [5, 5.41) is 0. The summed E-state index contributed by atoms with van der Waals surface area (Å²) >= 11 is 3.29. The lowest BCUT2D eigenvalue weighted by atomic mass is 10.2. The summed E-state index contributed by atoms with van der Waals surface area (Å²) in [6, 6.07) is 0. The molecule has 1 atom stereocenters. The van der Waals surface area contributed by atoms with E-state index in [0.717, 1.165) is 29.7 Å². The SMILES string of the molecule is Brc1cnc(C2CCCO2)nc1. The number of hydrogen-bond acceptors (Lipinski definition) is 3. The maximum absolute atomic E-state index is 5.44. The average molecular weight is 229 g/mol. The zero-order chi connectivity index (χ0) is 8.39. The Balaban J connectivity index is 2.17. The van der Waals surface area contributed by atoms with Crippen LogP contribution in [-0.4, -0.2) is 16.6 Å². The van der Waals surface area contributed by atoms with Gasteiger partial charge >= 0.3 is 0 Å². The summed E-state index contributed by atoms with van der Waals surface area (Å²) in [6.07, 6.45) is 5.79. The number of rotatable bonds is 1. The second-order valence-corrected chi connectivity index (χ2v) is 3.68. The maximum Gasteiger partial charge on any atom is 0.157 e. The highest BCUT2D eigenvalue weighted by Gasteiger charge is 2.19. The molecule has 2 rings (SSSR count). The number of hydrogen-bond donors (Lipinski definition) is 0. The zero-order valence-corrected chi connectivity index (χ0v) is 8.12. The third-order valence-electron chi connectivity index (χ3n) is 1.86. The minimum atomic E-state index is 0.123. The summed E-state index contributed by atoms with van der Waals surface area (Å²) in [5.74, 6) is 0.802. The Morgan fingerprint density at radius 3 is 2.75 bits per heavy atom. The van der Waals surface area contributed by atoms with Gasteiger partial charge in [-0.25, -0.2) is 9.97 Å². The summed E-state index contributed by atoms with van der Waals surface area (Å²) < 4.78 is 6.35. The Morgan fingerprint density at radius 1 is 1.42 bits per heavy atom. The molecule has 1 aliphatic rings. The van der Waals surface area contributed by atoms with Gasteiger partial charge in [0.15, 0.2) is 5.82 Å². The molecule has 1 aromatic rings. The van der Waals surface area contributed by atoms with Gasteiger partial charge in [0.2, 0.25) is 0 Å². The average Bonchev–Trinajstić information content (AvgIpc) is 2.58. The number of aromatic nitrogens is 2. The van der Waals surface area contributed by atoms with Crippen molar-refractivity contribution in [3.63, 3.8) is 0 Å². The molecule has 64 valence electrons. The van der Waals surface area contributed by atoms with Gasteiger partial charge in [0.25, 0.3) is 0 Å². The summed E-state index contributed by atoms with van der Waals surface area (Å²) in [4.78, 5) is 8.35. The van der Waals surface area contributed by atoms with Crippen molar-refractivity contribution >= 4 is 15.9 Å². The highest BCUT2D eigenvalue weighted by molar-refractivity contribution is 9.10. The lowest BCUT2D eigenvalue weighted by Gasteiger charge is -2.05. The molecule has 1 fully saturated rings. The van der Waals surface area contributed by atoms with Crippen LogP contribution < -0.4 is 0 Å². The van der Waals surface area contributed by atoms with E-state index in [0.29, 0.717) is 0 Å². The molecule has 1 aliphatic heterocycles. The van der Waals surface area contributed by atoms with Crippen LogP contribution >= 0.6 is 15.9 Å². The number of halogens is 1. The molecular weight excluding hydrogens is 220 g/mol. The number of nitrogens with zero attached hydrogens (tertiary/aromatic N) is 2. The van der Waals surface area contributed by atoms with Crippen molar-refractivity contribution in [2.45, 2.75) is 18.9 Å². The van der Waals surface area contributed by atoms with Gasteiger partial charge in [-0.15, -0.1) is 0 Å². The van der Waals surface area contributed by atoms with E-state index in [-0.39, 0.29) is 6.10 Å². The molecule has 2 heterocycles. The van der Waals surface area contributed by atoms with Crippen molar-refractivity contribution in [2.24, 2.45) is 0 Å². The van der Waals surface area contributed by atoms with Gasteiger partial charge in [-0.05, 0) is 28.8 Å². The molecule has 0 bridgehead atoms. The van der Waals surface area contributed by atoms with Gasteiger partial charge < -0.3 is 4.74 Å². The second-order valence-electron chi connectivity index (χ2n) is 2.76. The fourth-order valence-corrected chi connectivity index (χ4v) is 1.47. The van der Waals surface area contributed by atoms with E-state index in [1.54, 1.807) is 12.4 Å². The molecule has 12 heavy (non-hydrogen) atoms. The molecule has 0 saturated carbocycles. The first-order valence-electron chi connectivity index (χ1n) is 3.95. The first kappa shape index (κ1) is 8.13. The predicted octanol–water partition coefficient (Wildman–Crippen LogP) is 2.09. The van der Waals surface area contributed by atoms with E-state index in [1.165, 1.54) is 0 Å². The Bertz CT molecular complexity index is 256. The van der Waals surface area contributed by atoms with Crippen molar-refractivity contribution in [1.82, 2.24) is 9.97 Å². The first-order valence-corrected chi connectivity index (χ1v) is 4.74. The van der Waals surface area contributed by atoms with E-state index >= 15 is 0 Å². The Kier molecular flexibility index (Phi) is 2.37. The Morgan fingerprint density at radius 2 is 2.17 bits per heavy atom. The summed E-state index contributed by atoms with van der Waals surface area (Å²) in [6.45, 7) is 0.837. The molecule has 0 spiro atoms. The van der Waals surface area contributed by atoms with E-state index < -0.39 is 0 Å². The largest absolute Gasteiger partial charge is 0.370 e. The van der Waals surface area contributed by atoms with Crippen LogP contribution in [0.2, 0.25) is 0 Å². The van der Waals surface area contributed by atoms with Gasteiger partial charge in [0.05, 0.1) is 4.47 Å². The highest BCUT2D eigenvalue weighted by Crippen LogP contribution is 2.25. The standard InChI is InChI=1S/C8H9BrN2O/c9-6-4-10-8(11-5-6)7-2-1-3-12-7/h4-5,7H,1-3H2. The van der Waals surface area contributed by atoms with Gasteiger partial charge in [0.1, 0.15) is 6.10 Å². The molecule has 0 radical (unpaired) electrons. The van der Waals surface area contributed by atoms with E-state index in [4.69, 9.17) is 4.74 Å². The third kappa shape index (κ3) is 1.64. The highest BCUT2D eigenvalue weighted by atomic mass is 79.9. The molecule has 0 aliphatic carbocycles. The predicted molar refractivity (Wildman–Crippen MR) is 47.7 cm³/mol. The molecular formula is C8H9BrN2O. The zero-order valence-electron chi connectivity index (χ0n) is 6.53. The molecule has 1 saturated heterocycles.